The molecule has 2 fully saturated rings. The van der Waals surface area contributed by atoms with Gasteiger partial charge in [0.05, 0.1) is 31.1 Å². The third-order valence-electron chi connectivity index (χ3n) is 5.70. The van der Waals surface area contributed by atoms with Gasteiger partial charge in [-0.3, -0.25) is 14.6 Å². The number of alkyl halides is 2. The van der Waals surface area contributed by atoms with Gasteiger partial charge in [-0.15, -0.1) is 0 Å². The average Bonchev–Trinajstić information content (AvgIpc) is 3.57. The number of pyridine rings is 1. The van der Waals surface area contributed by atoms with Crippen molar-refractivity contribution in [2.45, 2.75) is 30.7 Å². The van der Waals surface area contributed by atoms with E-state index in [1.54, 1.807) is 6.20 Å². The van der Waals surface area contributed by atoms with Crippen molar-refractivity contribution in [2.75, 3.05) is 13.1 Å². The minimum absolute atomic E-state index is 0.236. The second-order valence-corrected chi connectivity index (χ2v) is 7.79. The molecule has 1 aliphatic carbocycles. The maximum atomic E-state index is 14.1. The van der Waals surface area contributed by atoms with Crippen LogP contribution in [-0.4, -0.2) is 46.2 Å². The summed E-state index contributed by atoms with van der Waals surface area (Å²) in [5.41, 5.74) is 0.222. The molecule has 2 aliphatic rings. The van der Waals surface area contributed by atoms with Gasteiger partial charge in [0.1, 0.15) is 5.54 Å². The molecule has 4 rings (SSSR count). The van der Waals surface area contributed by atoms with Crippen molar-refractivity contribution >= 4 is 11.8 Å². The van der Waals surface area contributed by atoms with Crippen molar-refractivity contribution in [2.24, 2.45) is 5.92 Å². The Balaban J connectivity index is 1.50. The second-order valence-electron chi connectivity index (χ2n) is 7.79. The summed E-state index contributed by atoms with van der Waals surface area (Å²) in [6.07, 6.45) is 3.68. The highest BCUT2D eigenvalue weighted by Crippen LogP contribution is 2.52. The molecule has 1 saturated heterocycles. The smallest absolute Gasteiger partial charge is 0.268 e. The van der Waals surface area contributed by atoms with Gasteiger partial charge in [0.25, 0.3) is 11.8 Å². The number of nitrogens with one attached hydrogen (secondary N) is 1. The molecule has 30 heavy (non-hydrogen) atoms. The molecule has 8 heteroatoms. The Morgan fingerprint density at radius 3 is 2.63 bits per heavy atom. The Kier molecular flexibility index (Phi) is 4.98. The quantitative estimate of drug-likeness (QED) is 0.821. The molecule has 0 spiro atoms. The molecular weight excluding hydrogens is 390 g/mol. The monoisotopic (exact) mass is 410 g/mol. The molecule has 6 nitrogen and oxygen atoms in total. The van der Waals surface area contributed by atoms with E-state index in [4.69, 9.17) is 0 Å². The summed E-state index contributed by atoms with van der Waals surface area (Å²) >= 11 is 0. The van der Waals surface area contributed by atoms with Gasteiger partial charge >= 0.3 is 0 Å². The van der Waals surface area contributed by atoms with Gasteiger partial charge in [-0.2, -0.15) is 5.26 Å². The summed E-state index contributed by atoms with van der Waals surface area (Å²) in [6.45, 7) is -1.25. The van der Waals surface area contributed by atoms with Crippen LogP contribution in [0, 0.1) is 17.2 Å². The van der Waals surface area contributed by atoms with E-state index in [-0.39, 0.29) is 5.92 Å². The van der Waals surface area contributed by atoms with E-state index < -0.39 is 42.8 Å². The zero-order valence-corrected chi connectivity index (χ0v) is 16.1. The zero-order chi connectivity index (χ0) is 21.4. The van der Waals surface area contributed by atoms with Crippen molar-refractivity contribution in [1.82, 2.24) is 15.2 Å². The first-order valence-electron chi connectivity index (χ1n) is 9.73. The predicted molar refractivity (Wildman–Crippen MR) is 104 cm³/mol. The molecule has 154 valence electrons. The van der Waals surface area contributed by atoms with Crippen molar-refractivity contribution in [3.63, 3.8) is 0 Å². The standard InChI is InChI=1S/C22H20F2N4O2/c23-22(24)12-21(13-25,16-6-7-16)28(14-22)19(29)11-27-20(30)17-8-9-26-10-18(17)15-4-2-1-3-5-15/h1-5,8-10,16H,6-7,11-12,14H2,(H,27,30)/t21-/m0/s1. The number of benzene rings is 1. The van der Waals surface area contributed by atoms with E-state index in [1.165, 1.54) is 12.3 Å². The zero-order valence-electron chi connectivity index (χ0n) is 16.1. The molecule has 0 unspecified atom stereocenters. The van der Waals surface area contributed by atoms with E-state index in [0.29, 0.717) is 24.0 Å². The molecule has 2 amide bonds. The molecule has 1 aromatic carbocycles. The van der Waals surface area contributed by atoms with E-state index in [2.05, 4.69) is 10.3 Å². The van der Waals surface area contributed by atoms with Crippen LogP contribution < -0.4 is 5.32 Å². The molecule has 0 bridgehead atoms. The Bertz CT molecular complexity index is 1020. The summed E-state index contributed by atoms with van der Waals surface area (Å²) in [4.78, 5) is 30.5. The van der Waals surface area contributed by atoms with Crippen LogP contribution in [0.15, 0.2) is 48.8 Å². The lowest BCUT2D eigenvalue weighted by Gasteiger charge is -2.31. The normalized spacial score (nSPS) is 22.4. The summed E-state index contributed by atoms with van der Waals surface area (Å²) in [7, 11) is 0. The third kappa shape index (κ3) is 3.63. The van der Waals surface area contributed by atoms with Crippen molar-refractivity contribution in [1.29, 1.82) is 5.26 Å². The molecule has 2 aromatic rings. The summed E-state index contributed by atoms with van der Waals surface area (Å²) in [5, 5.41) is 12.1. The lowest BCUT2D eigenvalue weighted by molar-refractivity contribution is -0.134. The first kappa shape index (κ1) is 20.0. The van der Waals surface area contributed by atoms with Crippen LogP contribution in [0.5, 0.6) is 0 Å². The first-order chi connectivity index (χ1) is 14.4. The van der Waals surface area contributed by atoms with Gasteiger partial charge in [-0.1, -0.05) is 30.3 Å². The fourth-order valence-corrected chi connectivity index (χ4v) is 4.13. The number of halogens is 2. The maximum Gasteiger partial charge on any atom is 0.268 e. The van der Waals surface area contributed by atoms with Crippen molar-refractivity contribution < 1.29 is 18.4 Å². The molecule has 0 radical (unpaired) electrons. The highest BCUT2D eigenvalue weighted by molar-refractivity contribution is 6.02. The molecule has 1 aromatic heterocycles. The van der Waals surface area contributed by atoms with Crippen LogP contribution in [0.25, 0.3) is 11.1 Å². The Morgan fingerprint density at radius 1 is 1.23 bits per heavy atom. The van der Waals surface area contributed by atoms with Crippen LogP contribution in [0.2, 0.25) is 0 Å². The van der Waals surface area contributed by atoms with Gasteiger partial charge in [0, 0.05) is 18.0 Å². The fourth-order valence-electron chi connectivity index (χ4n) is 4.13. The average molecular weight is 410 g/mol. The van der Waals surface area contributed by atoms with Crippen molar-refractivity contribution in [3.05, 3.63) is 54.4 Å². The number of likely N-dealkylation sites (tertiary alicyclic amines) is 1. The minimum Gasteiger partial charge on any atom is -0.343 e. The molecule has 1 N–H and O–H groups in total. The highest BCUT2D eigenvalue weighted by Gasteiger charge is 2.62. The number of hydrogen-bond acceptors (Lipinski definition) is 4. The van der Waals surface area contributed by atoms with E-state index in [0.717, 1.165) is 10.5 Å². The van der Waals surface area contributed by atoms with Crippen LogP contribution in [0.3, 0.4) is 0 Å². The van der Waals surface area contributed by atoms with Gasteiger partial charge in [-0.25, -0.2) is 8.78 Å². The SMILES string of the molecule is N#C[C@]1(C2CC2)CC(F)(F)CN1C(=O)CNC(=O)c1ccncc1-c1ccccc1. The highest BCUT2D eigenvalue weighted by atomic mass is 19.3. The lowest BCUT2D eigenvalue weighted by atomic mass is 9.91. The van der Waals surface area contributed by atoms with Gasteiger partial charge in [0.15, 0.2) is 0 Å². The number of carbonyl (C=O) groups is 2. The Labute approximate surface area is 172 Å². The topological polar surface area (TPSA) is 86.1 Å². The van der Waals surface area contributed by atoms with Crippen molar-refractivity contribution in [3.8, 4) is 17.2 Å². The number of aromatic nitrogens is 1. The van der Waals surface area contributed by atoms with Gasteiger partial charge < -0.3 is 10.2 Å². The van der Waals surface area contributed by atoms with Crippen LogP contribution in [-0.2, 0) is 4.79 Å². The van der Waals surface area contributed by atoms with E-state index in [1.807, 2.05) is 36.4 Å². The Hall–Kier alpha value is -3.34. The first-order valence-corrected chi connectivity index (χ1v) is 9.73. The van der Waals surface area contributed by atoms with E-state index >= 15 is 0 Å². The molecule has 2 heterocycles. The number of carbonyl (C=O) groups excluding carboxylic acids is 2. The summed E-state index contributed by atoms with van der Waals surface area (Å²) < 4.78 is 28.2. The summed E-state index contributed by atoms with van der Waals surface area (Å²) in [5.74, 6) is -4.53. The maximum absolute atomic E-state index is 14.1. The number of nitrogens with zero attached hydrogens (tertiary/aromatic N) is 3. The number of nitriles is 1. The third-order valence-corrected chi connectivity index (χ3v) is 5.70. The second kappa shape index (κ2) is 7.48. The number of hydrogen-bond donors (Lipinski definition) is 1. The predicted octanol–water partition coefficient (Wildman–Crippen LogP) is 3.02. The van der Waals surface area contributed by atoms with Gasteiger partial charge in [0.2, 0.25) is 5.91 Å². The largest absolute Gasteiger partial charge is 0.343 e. The van der Waals surface area contributed by atoms with Gasteiger partial charge in [-0.05, 0) is 30.4 Å². The summed E-state index contributed by atoms with van der Waals surface area (Å²) in [6, 6.07) is 12.7. The molecular formula is C22H20F2N4O2. The van der Waals surface area contributed by atoms with Crippen LogP contribution >= 0.6 is 0 Å². The lowest BCUT2D eigenvalue weighted by Crippen LogP contribution is -2.51. The number of amides is 2. The Morgan fingerprint density at radius 2 is 1.97 bits per heavy atom. The number of rotatable bonds is 5. The van der Waals surface area contributed by atoms with Crippen LogP contribution in [0.1, 0.15) is 29.6 Å². The molecule has 1 atom stereocenters. The minimum atomic E-state index is -3.11. The van der Waals surface area contributed by atoms with Crippen LogP contribution in [0.4, 0.5) is 8.78 Å². The molecule has 1 aliphatic heterocycles. The van der Waals surface area contributed by atoms with E-state index in [9.17, 15) is 23.6 Å². The molecule has 1 saturated carbocycles. The fraction of sp³-hybridized carbons (Fsp3) is 0.364.